The Morgan fingerprint density at radius 1 is 1.29 bits per heavy atom. The fraction of sp³-hybridized carbons (Fsp3) is 0.222. The summed E-state index contributed by atoms with van der Waals surface area (Å²) in [5.74, 6) is 0.488. The van der Waals surface area contributed by atoms with Gasteiger partial charge in [-0.05, 0) is 5.21 Å². The zero-order chi connectivity index (χ0) is 11.4. The molecule has 1 heterocycles. The molecule has 1 unspecified atom stereocenters. The van der Waals surface area contributed by atoms with E-state index < -0.39 is 11.1 Å². The minimum absolute atomic E-state index is 0. The molecule has 0 saturated heterocycles. The van der Waals surface area contributed by atoms with Crippen LogP contribution in [0.5, 0.6) is 0 Å². The first kappa shape index (κ1) is 14.5. The first-order valence-electron chi connectivity index (χ1n) is 4.65. The molecule has 0 aliphatic carbocycles. The molecule has 6 nitrogen and oxygen atoms in total. The van der Waals surface area contributed by atoms with E-state index in [9.17, 15) is 8.76 Å². The van der Waals surface area contributed by atoms with Crippen molar-refractivity contribution < 1.29 is 38.3 Å². The molecule has 0 bridgehead atoms. The summed E-state index contributed by atoms with van der Waals surface area (Å²) in [5, 5.41) is 11.7. The summed E-state index contributed by atoms with van der Waals surface area (Å²) >= 11 is -2.08. The van der Waals surface area contributed by atoms with Crippen LogP contribution in [0.15, 0.2) is 30.3 Å². The van der Waals surface area contributed by atoms with Gasteiger partial charge in [-0.3, -0.25) is 4.21 Å². The Labute approximate surface area is 123 Å². The quantitative estimate of drug-likeness (QED) is 0.439. The smallest absolute Gasteiger partial charge is 0.772 e. The Morgan fingerprint density at radius 3 is 2.65 bits per heavy atom. The SMILES string of the molecule is O=S([O-])CCn1nnc(-c2ccccc2)n1.[Na+]. The van der Waals surface area contributed by atoms with E-state index in [1.807, 2.05) is 30.3 Å². The normalized spacial score (nSPS) is 11.8. The Balaban J connectivity index is 0.00000144. The van der Waals surface area contributed by atoms with Crippen LogP contribution in [0.4, 0.5) is 0 Å². The van der Waals surface area contributed by atoms with Crippen molar-refractivity contribution in [2.45, 2.75) is 6.54 Å². The van der Waals surface area contributed by atoms with Crippen molar-refractivity contribution in [2.75, 3.05) is 5.75 Å². The molecule has 0 N–H and O–H groups in total. The van der Waals surface area contributed by atoms with Crippen molar-refractivity contribution in [1.29, 1.82) is 0 Å². The van der Waals surface area contributed by atoms with E-state index in [1.165, 1.54) is 4.80 Å². The van der Waals surface area contributed by atoms with Gasteiger partial charge < -0.3 is 4.55 Å². The maximum absolute atomic E-state index is 10.4. The average molecular weight is 260 g/mol. The molecule has 0 fully saturated rings. The van der Waals surface area contributed by atoms with Crippen LogP contribution in [0.3, 0.4) is 0 Å². The van der Waals surface area contributed by atoms with Gasteiger partial charge in [-0.1, -0.05) is 41.4 Å². The minimum Gasteiger partial charge on any atom is -0.772 e. The summed E-state index contributed by atoms with van der Waals surface area (Å²) in [6, 6.07) is 9.39. The molecule has 1 aromatic heterocycles. The van der Waals surface area contributed by atoms with E-state index >= 15 is 0 Å². The van der Waals surface area contributed by atoms with Gasteiger partial charge in [-0.25, -0.2) is 0 Å². The van der Waals surface area contributed by atoms with Gasteiger partial charge in [0.2, 0.25) is 5.82 Å². The van der Waals surface area contributed by atoms with Crippen LogP contribution in [0.25, 0.3) is 11.4 Å². The summed E-state index contributed by atoms with van der Waals surface area (Å²) < 4.78 is 20.7. The zero-order valence-corrected chi connectivity index (χ0v) is 12.1. The Bertz CT molecular complexity index is 491. The fourth-order valence-electron chi connectivity index (χ4n) is 1.20. The van der Waals surface area contributed by atoms with Crippen molar-refractivity contribution in [3.05, 3.63) is 30.3 Å². The van der Waals surface area contributed by atoms with Crippen LogP contribution < -0.4 is 29.6 Å². The Morgan fingerprint density at radius 2 is 2.00 bits per heavy atom. The molecule has 0 amide bonds. The van der Waals surface area contributed by atoms with Crippen LogP contribution in [0.1, 0.15) is 0 Å². The summed E-state index contributed by atoms with van der Waals surface area (Å²) in [7, 11) is 0. The van der Waals surface area contributed by atoms with E-state index in [2.05, 4.69) is 15.4 Å². The van der Waals surface area contributed by atoms with Gasteiger partial charge >= 0.3 is 29.6 Å². The summed E-state index contributed by atoms with van der Waals surface area (Å²) in [5.41, 5.74) is 0.858. The second-order valence-corrected chi connectivity index (χ2v) is 4.10. The number of nitrogens with zero attached hydrogens (tertiary/aromatic N) is 4. The van der Waals surface area contributed by atoms with Crippen molar-refractivity contribution >= 4 is 11.1 Å². The van der Waals surface area contributed by atoms with Gasteiger partial charge in [0.05, 0.1) is 6.54 Å². The van der Waals surface area contributed by atoms with Crippen molar-refractivity contribution in [3.8, 4) is 11.4 Å². The number of rotatable bonds is 4. The third kappa shape index (κ3) is 4.29. The number of benzene rings is 1. The van der Waals surface area contributed by atoms with Gasteiger partial charge in [0, 0.05) is 11.3 Å². The molecule has 0 aliphatic heterocycles. The average Bonchev–Trinajstić information content (AvgIpc) is 2.76. The third-order valence-corrected chi connectivity index (χ3v) is 2.46. The predicted octanol–water partition coefficient (Wildman–Crippen LogP) is -2.78. The third-order valence-electron chi connectivity index (χ3n) is 1.94. The fourth-order valence-corrected chi connectivity index (χ4v) is 1.51. The van der Waals surface area contributed by atoms with Crippen molar-refractivity contribution in [3.63, 3.8) is 0 Å². The van der Waals surface area contributed by atoms with Gasteiger partial charge in [0.1, 0.15) is 0 Å². The molecule has 1 atom stereocenters. The summed E-state index contributed by atoms with van der Waals surface area (Å²) in [6.07, 6.45) is 0. The molecule has 1 aromatic carbocycles. The molecule has 17 heavy (non-hydrogen) atoms. The first-order chi connectivity index (χ1) is 7.75. The van der Waals surface area contributed by atoms with Gasteiger partial charge in [0.25, 0.3) is 0 Å². The first-order valence-corrected chi connectivity index (χ1v) is 5.89. The number of aryl methyl sites for hydroxylation is 1. The van der Waals surface area contributed by atoms with E-state index in [4.69, 9.17) is 0 Å². The second kappa shape index (κ2) is 6.97. The zero-order valence-electron chi connectivity index (χ0n) is 9.31. The molecule has 0 saturated carbocycles. The molecular formula is C9H9N4NaO2S. The van der Waals surface area contributed by atoms with E-state index in [0.29, 0.717) is 5.82 Å². The minimum atomic E-state index is -2.08. The van der Waals surface area contributed by atoms with Crippen LogP contribution in [0.2, 0.25) is 0 Å². The van der Waals surface area contributed by atoms with Gasteiger partial charge in [-0.2, -0.15) is 4.80 Å². The van der Waals surface area contributed by atoms with Crippen LogP contribution in [0, 0.1) is 0 Å². The second-order valence-electron chi connectivity index (χ2n) is 3.08. The molecule has 0 spiro atoms. The molecule has 84 valence electrons. The molecule has 0 radical (unpaired) electrons. The number of hydrogen-bond donors (Lipinski definition) is 0. The standard InChI is InChI=1S/C9H10N4O2S.Na/c14-16(15)7-6-13-11-9(10-12-13)8-4-2-1-3-5-8;/h1-5H,6-7H2,(H,14,15);/q;+1/p-1. The predicted molar refractivity (Wildman–Crippen MR) is 57.0 cm³/mol. The Kier molecular flexibility index (Phi) is 5.93. The molecule has 8 heteroatoms. The Hall–Kier alpha value is -0.600. The van der Waals surface area contributed by atoms with E-state index in [-0.39, 0.29) is 41.9 Å². The van der Waals surface area contributed by atoms with Crippen molar-refractivity contribution in [1.82, 2.24) is 20.2 Å². The summed E-state index contributed by atoms with van der Waals surface area (Å²) in [6.45, 7) is 0.218. The summed E-state index contributed by atoms with van der Waals surface area (Å²) in [4.78, 5) is 1.28. The van der Waals surface area contributed by atoms with Gasteiger partial charge in [-0.15, -0.1) is 10.2 Å². The largest absolute Gasteiger partial charge is 1.00 e. The topological polar surface area (TPSA) is 83.7 Å². The van der Waals surface area contributed by atoms with Crippen LogP contribution in [-0.2, 0) is 17.6 Å². The van der Waals surface area contributed by atoms with E-state index in [1.54, 1.807) is 0 Å². The number of hydrogen-bond acceptors (Lipinski definition) is 5. The maximum atomic E-state index is 10.4. The molecule has 2 rings (SSSR count). The monoisotopic (exact) mass is 260 g/mol. The van der Waals surface area contributed by atoms with E-state index in [0.717, 1.165) is 5.56 Å². The van der Waals surface area contributed by atoms with Gasteiger partial charge in [0.15, 0.2) is 0 Å². The number of tetrazole rings is 1. The number of aromatic nitrogens is 4. The molecule has 0 aliphatic rings. The maximum Gasteiger partial charge on any atom is 1.00 e. The molecule has 2 aromatic rings. The molecular weight excluding hydrogens is 251 g/mol. The van der Waals surface area contributed by atoms with Crippen LogP contribution >= 0.6 is 0 Å². The van der Waals surface area contributed by atoms with Crippen LogP contribution in [-0.4, -0.2) is 34.7 Å². The van der Waals surface area contributed by atoms with Crippen molar-refractivity contribution in [2.24, 2.45) is 0 Å².